The molecule has 2 N–H and O–H groups in total. The van der Waals surface area contributed by atoms with E-state index in [1.807, 2.05) is 30.3 Å². The van der Waals surface area contributed by atoms with Crippen LogP contribution in [0, 0.1) is 0 Å². The number of carbonyl (C=O) groups excluding carboxylic acids is 1. The summed E-state index contributed by atoms with van der Waals surface area (Å²) in [5.41, 5.74) is 1.18. The van der Waals surface area contributed by atoms with Gasteiger partial charge in [-0.1, -0.05) is 30.3 Å². The molecule has 2 aromatic carbocycles. The van der Waals surface area contributed by atoms with Crippen molar-refractivity contribution in [2.75, 3.05) is 0 Å². The van der Waals surface area contributed by atoms with E-state index < -0.39 is 12.1 Å². The SMILES string of the molecule is C[C@H](Oc1ccc(C(=O)O)cc1)C(=O)NCc1ccccc1. The van der Waals surface area contributed by atoms with Crippen molar-refractivity contribution in [1.82, 2.24) is 5.32 Å². The fraction of sp³-hybridized carbons (Fsp3) is 0.176. The van der Waals surface area contributed by atoms with Crippen LogP contribution in [0.15, 0.2) is 54.6 Å². The number of carboxylic acid groups (broad SMARTS) is 1. The molecule has 0 saturated carbocycles. The molecule has 1 amide bonds. The van der Waals surface area contributed by atoms with Crippen LogP contribution in [-0.4, -0.2) is 23.1 Å². The van der Waals surface area contributed by atoms with Gasteiger partial charge in [0.2, 0.25) is 0 Å². The lowest BCUT2D eigenvalue weighted by Gasteiger charge is -2.15. The highest BCUT2D eigenvalue weighted by atomic mass is 16.5. The van der Waals surface area contributed by atoms with E-state index in [1.54, 1.807) is 6.92 Å². The summed E-state index contributed by atoms with van der Waals surface area (Å²) in [6, 6.07) is 15.5. The lowest BCUT2D eigenvalue weighted by atomic mass is 10.2. The minimum absolute atomic E-state index is 0.175. The molecule has 5 nitrogen and oxygen atoms in total. The lowest BCUT2D eigenvalue weighted by Crippen LogP contribution is -2.35. The van der Waals surface area contributed by atoms with Crippen LogP contribution in [0.2, 0.25) is 0 Å². The fourth-order valence-electron chi connectivity index (χ4n) is 1.86. The van der Waals surface area contributed by atoms with Crippen molar-refractivity contribution < 1.29 is 19.4 Å². The Morgan fingerprint density at radius 1 is 1.09 bits per heavy atom. The van der Waals surface area contributed by atoms with Gasteiger partial charge in [-0.3, -0.25) is 4.79 Å². The third-order valence-corrected chi connectivity index (χ3v) is 3.09. The second-order valence-corrected chi connectivity index (χ2v) is 4.79. The first-order chi connectivity index (χ1) is 10.6. The van der Waals surface area contributed by atoms with Crippen molar-refractivity contribution in [2.24, 2.45) is 0 Å². The van der Waals surface area contributed by atoms with Crippen LogP contribution in [0.3, 0.4) is 0 Å². The van der Waals surface area contributed by atoms with E-state index >= 15 is 0 Å². The van der Waals surface area contributed by atoms with Crippen LogP contribution in [0.4, 0.5) is 0 Å². The number of aromatic carboxylic acids is 1. The molecular weight excluding hydrogens is 282 g/mol. The summed E-state index contributed by atoms with van der Waals surface area (Å²) in [5, 5.41) is 11.6. The Hall–Kier alpha value is -2.82. The summed E-state index contributed by atoms with van der Waals surface area (Å²) in [4.78, 5) is 22.7. The van der Waals surface area contributed by atoms with Gasteiger partial charge in [0.1, 0.15) is 5.75 Å². The number of hydrogen-bond acceptors (Lipinski definition) is 3. The quantitative estimate of drug-likeness (QED) is 0.859. The first-order valence-electron chi connectivity index (χ1n) is 6.88. The van der Waals surface area contributed by atoms with Gasteiger partial charge in [-0.25, -0.2) is 4.79 Å². The summed E-state index contributed by atoms with van der Waals surface area (Å²) < 4.78 is 5.49. The molecule has 0 heterocycles. The van der Waals surface area contributed by atoms with Crippen molar-refractivity contribution in [2.45, 2.75) is 19.6 Å². The molecule has 22 heavy (non-hydrogen) atoms. The lowest BCUT2D eigenvalue weighted by molar-refractivity contribution is -0.127. The molecule has 2 aromatic rings. The van der Waals surface area contributed by atoms with E-state index in [4.69, 9.17) is 9.84 Å². The van der Waals surface area contributed by atoms with Crippen LogP contribution in [0.1, 0.15) is 22.8 Å². The van der Waals surface area contributed by atoms with Crippen LogP contribution in [0.25, 0.3) is 0 Å². The number of carbonyl (C=O) groups is 2. The molecule has 0 bridgehead atoms. The summed E-state index contributed by atoms with van der Waals surface area (Å²) in [6.45, 7) is 2.08. The van der Waals surface area contributed by atoms with Gasteiger partial charge in [-0.2, -0.15) is 0 Å². The van der Waals surface area contributed by atoms with Crippen molar-refractivity contribution in [3.8, 4) is 5.75 Å². The van der Waals surface area contributed by atoms with Gasteiger partial charge >= 0.3 is 5.97 Å². The van der Waals surface area contributed by atoms with E-state index in [0.717, 1.165) is 5.56 Å². The zero-order chi connectivity index (χ0) is 15.9. The van der Waals surface area contributed by atoms with Gasteiger partial charge < -0.3 is 15.2 Å². The molecule has 0 aliphatic heterocycles. The number of ether oxygens (including phenoxy) is 1. The zero-order valence-corrected chi connectivity index (χ0v) is 12.2. The van der Waals surface area contributed by atoms with E-state index in [-0.39, 0.29) is 11.5 Å². The summed E-state index contributed by atoms with van der Waals surface area (Å²) in [7, 11) is 0. The number of hydrogen-bond donors (Lipinski definition) is 2. The summed E-state index contributed by atoms with van der Waals surface area (Å²) >= 11 is 0. The van der Waals surface area contributed by atoms with E-state index in [9.17, 15) is 9.59 Å². The normalized spacial score (nSPS) is 11.5. The minimum Gasteiger partial charge on any atom is -0.481 e. The van der Waals surface area contributed by atoms with Crippen molar-refractivity contribution >= 4 is 11.9 Å². The average Bonchev–Trinajstić information content (AvgIpc) is 2.54. The first kappa shape index (κ1) is 15.6. The predicted octanol–water partition coefficient (Wildman–Crippen LogP) is 2.47. The van der Waals surface area contributed by atoms with Gasteiger partial charge in [0.25, 0.3) is 5.91 Å². The molecule has 0 fully saturated rings. The predicted molar refractivity (Wildman–Crippen MR) is 81.8 cm³/mol. The Kier molecular flexibility index (Phi) is 5.14. The maximum absolute atomic E-state index is 12.0. The topological polar surface area (TPSA) is 75.6 Å². The maximum Gasteiger partial charge on any atom is 0.335 e. The number of rotatable bonds is 6. The van der Waals surface area contributed by atoms with Crippen LogP contribution in [-0.2, 0) is 11.3 Å². The third kappa shape index (κ3) is 4.34. The van der Waals surface area contributed by atoms with Crippen molar-refractivity contribution in [1.29, 1.82) is 0 Å². The van der Waals surface area contributed by atoms with E-state index in [2.05, 4.69) is 5.32 Å². The molecule has 0 aromatic heterocycles. The largest absolute Gasteiger partial charge is 0.481 e. The average molecular weight is 299 g/mol. The number of benzene rings is 2. The Bertz CT molecular complexity index is 637. The number of nitrogens with one attached hydrogen (secondary N) is 1. The molecule has 0 radical (unpaired) electrons. The minimum atomic E-state index is -1.000. The van der Waals surface area contributed by atoms with Crippen LogP contribution in [0.5, 0.6) is 5.75 Å². The molecule has 5 heteroatoms. The monoisotopic (exact) mass is 299 g/mol. The molecular formula is C17H17NO4. The van der Waals surface area contributed by atoms with Crippen LogP contribution < -0.4 is 10.1 Å². The Labute approximate surface area is 128 Å². The summed E-state index contributed by atoms with van der Waals surface area (Å²) in [6.07, 6.45) is -0.667. The van der Waals surface area contributed by atoms with Crippen molar-refractivity contribution in [3.63, 3.8) is 0 Å². The highest BCUT2D eigenvalue weighted by molar-refractivity contribution is 5.87. The highest BCUT2D eigenvalue weighted by Crippen LogP contribution is 2.14. The Morgan fingerprint density at radius 3 is 2.32 bits per heavy atom. The fourth-order valence-corrected chi connectivity index (χ4v) is 1.86. The molecule has 2 rings (SSSR count). The van der Waals surface area contributed by atoms with Gasteiger partial charge in [-0.05, 0) is 36.8 Å². The zero-order valence-electron chi connectivity index (χ0n) is 12.2. The molecule has 0 saturated heterocycles. The van der Waals surface area contributed by atoms with Gasteiger partial charge in [0, 0.05) is 6.54 Å². The highest BCUT2D eigenvalue weighted by Gasteiger charge is 2.14. The van der Waals surface area contributed by atoms with Gasteiger partial charge in [-0.15, -0.1) is 0 Å². The van der Waals surface area contributed by atoms with E-state index in [1.165, 1.54) is 24.3 Å². The molecule has 0 spiro atoms. The van der Waals surface area contributed by atoms with Gasteiger partial charge in [0.05, 0.1) is 5.56 Å². The maximum atomic E-state index is 12.0. The van der Waals surface area contributed by atoms with Crippen LogP contribution >= 0.6 is 0 Å². The number of amides is 1. The molecule has 114 valence electrons. The van der Waals surface area contributed by atoms with E-state index in [0.29, 0.717) is 12.3 Å². The van der Waals surface area contributed by atoms with Crippen molar-refractivity contribution in [3.05, 3.63) is 65.7 Å². The Morgan fingerprint density at radius 2 is 1.73 bits per heavy atom. The summed E-state index contributed by atoms with van der Waals surface area (Å²) in [5.74, 6) is -0.779. The molecule has 0 aliphatic rings. The third-order valence-electron chi connectivity index (χ3n) is 3.09. The standard InChI is InChI=1S/C17H17NO4/c1-12(16(19)18-11-13-5-3-2-4-6-13)22-15-9-7-14(8-10-15)17(20)21/h2-10,12H,11H2,1H3,(H,18,19)(H,20,21)/t12-/m0/s1. The Balaban J connectivity index is 1.86. The molecule has 1 atom stereocenters. The second kappa shape index (κ2) is 7.26. The van der Waals surface area contributed by atoms with Gasteiger partial charge in [0.15, 0.2) is 6.10 Å². The first-order valence-corrected chi connectivity index (χ1v) is 6.88. The molecule has 0 aliphatic carbocycles. The number of carboxylic acids is 1. The second-order valence-electron chi connectivity index (χ2n) is 4.79. The molecule has 0 unspecified atom stereocenters. The smallest absolute Gasteiger partial charge is 0.335 e.